The van der Waals surface area contributed by atoms with Gasteiger partial charge in [0, 0.05) is 13.0 Å². The second kappa shape index (κ2) is 5.01. The molecule has 2 aliphatic rings. The van der Waals surface area contributed by atoms with Crippen LogP contribution in [0.25, 0.3) is 0 Å². The van der Waals surface area contributed by atoms with Crippen molar-refractivity contribution in [2.45, 2.75) is 44.4 Å². The molecule has 6 heteroatoms. The van der Waals surface area contributed by atoms with Gasteiger partial charge in [-0.25, -0.2) is 4.79 Å². The second-order valence-corrected chi connectivity index (χ2v) is 4.66. The molecule has 2 aliphatic heterocycles. The van der Waals surface area contributed by atoms with Gasteiger partial charge in [-0.1, -0.05) is 0 Å². The lowest BCUT2D eigenvalue weighted by Crippen LogP contribution is -2.44. The molecule has 2 atom stereocenters. The summed E-state index contributed by atoms with van der Waals surface area (Å²) in [6.07, 6.45) is 3.38. The number of imide groups is 1. The van der Waals surface area contributed by atoms with E-state index in [0.717, 1.165) is 25.9 Å². The SMILES string of the molecule is CC1(CCOC2CCCCO2)NC(=O)NC1=O. The van der Waals surface area contributed by atoms with E-state index in [1.165, 1.54) is 0 Å². The van der Waals surface area contributed by atoms with Crippen molar-refractivity contribution in [1.82, 2.24) is 10.6 Å². The highest BCUT2D eigenvalue weighted by Crippen LogP contribution is 2.18. The standard InChI is InChI=1S/C11H18N2O4/c1-11(9(14)12-10(15)13-11)5-7-17-8-4-2-3-6-16-8/h8H,2-7H2,1H3,(H2,12,13,14,15). The Bertz CT molecular complexity index is 315. The topological polar surface area (TPSA) is 76.7 Å². The van der Waals surface area contributed by atoms with Crippen molar-refractivity contribution in [2.24, 2.45) is 0 Å². The maximum absolute atomic E-state index is 11.5. The molecule has 0 aromatic rings. The van der Waals surface area contributed by atoms with Crippen LogP contribution in [0.4, 0.5) is 4.79 Å². The molecule has 0 radical (unpaired) electrons. The Kier molecular flexibility index (Phi) is 3.63. The van der Waals surface area contributed by atoms with Crippen LogP contribution in [0.1, 0.15) is 32.6 Å². The highest BCUT2D eigenvalue weighted by Gasteiger charge is 2.41. The van der Waals surface area contributed by atoms with Crippen LogP contribution in [0.3, 0.4) is 0 Å². The number of hydrogen-bond donors (Lipinski definition) is 2. The van der Waals surface area contributed by atoms with Crippen molar-refractivity contribution >= 4 is 11.9 Å². The predicted molar refractivity (Wildman–Crippen MR) is 59.2 cm³/mol. The van der Waals surface area contributed by atoms with Crippen molar-refractivity contribution in [3.63, 3.8) is 0 Å². The van der Waals surface area contributed by atoms with E-state index in [-0.39, 0.29) is 12.2 Å². The molecule has 2 rings (SSSR count). The zero-order chi connectivity index (χ0) is 12.3. The third-order valence-corrected chi connectivity index (χ3v) is 3.16. The number of urea groups is 1. The van der Waals surface area contributed by atoms with Crippen LogP contribution < -0.4 is 10.6 Å². The molecule has 2 N–H and O–H groups in total. The van der Waals surface area contributed by atoms with Crippen molar-refractivity contribution in [2.75, 3.05) is 13.2 Å². The van der Waals surface area contributed by atoms with Crippen LogP contribution in [-0.2, 0) is 14.3 Å². The van der Waals surface area contributed by atoms with Crippen molar-refractivity contribution in [3.05, 3.63) is 0 Å². The molecule has 2 fully saturated rings. The lowest BCUT2D eigenvalue weighted by molar-refractivity contribution is -0.165. The Labute approximate surface area is 100 Å². The van der Waals surface area contributed by atoms with Gasteiger partial charge < -0.3 is 14.8 Å². The number of carbonyl (C=O) groups excluding carboxylic acids is 2. The van der Waals surface area contributed by atoms with Gasteiger partial charge in [0.05, 0.1) is 6.61 Å². The van der Waals surface area contributed by atoms with Crippen LogP contribution in [0.2, 0.25) is 0 Å². The maximum atomic E-state index is 11.5. The second-order valence-electron chi connectivity index (χ2n) is 4.66. The van der Waals surface area contributed by atoms with Crippen molar-refractivity contribution < 1.29 is 19.1 Å². The molecule has 2 saturated heterocycles. The lowest BCUT2D eigenvalue weighted by Gasteiger charge is -2.25. The molecule has 0 aromatic heterocycles. The Morgan fingerprint density at radius 1 is 1.47 bits per heavy atom. The quantitative estimate of drug-likeness (QED) is 0.704. The fraction of sp³-hybridized carbons (Fsp3) is 0.818. The van der Waals surface area contributed by atoms with Gasteiger partial charge in [0.25, 0.3) is 5.91 Å². The molecule has 17 heavy (non-hydrogen) atoms. The van der Waals surface area contributed by atoms with E-state index >= 15 is 0 Å². The van der Waals surface area contributed by atoms with Crippen molar-refractivity contribution in [1.29, 1.82) is 0 Å². The molecule has 3 amide bonds. The summed E-state index contributed by atoms with van der Waals surface area (Å²) in [4.78, 5) is 22.5. The Morgan fingerprint density at radius 2 is 2.29 bits per heavy atom. The summed E-state index contributed by atoms with van der Waals surface area (Å²) in [7, 11) is 0. The molecular weight excluding hydrogens is 224 g/mol. The number of ether oxygens (including phenoxy) is 2. The van der Waals surface area contributed by atoms with Gasteiger partial charge in [0.2, 0.25) is 0 Å². The monoisotopic (exact) mass is 242 g/mol. The first-order chi connectivity index (χ1) is 8.10. The number of rotatable bonds is 4. The molecule has 0 aliphatic carbocycles. The lowest BCUT2D eigenvalue weighted by atomic mass is 9.99. The third kappa shape index (κ3) is 2.95. The summed E-state index contributed by atoms with van der Waals surface area (Å²) in [6.45, 7) is 2.83. The van der Waals surface area contributed by atoms with Gasteiger partial charge in [-0.2, -0.15) is 0 Å². The first-order valence-corrected chi connectivity index (χ1v) is 5.97. The van der Waals surface area contributed by atoms with Crippen LogP contribution in [0, 0.1) is 0 Å². The van der Waals surface area contributed by atoms with E-state index in [0.29, 0.717) is 13.0 Å². The van der Waals surface area contributed by atoms with E-state index in [9.17, 15) is 9.59 Å². The third-order valence-electron chi connectivity index (χ3n) is 3.16. The van der Waals surface area contributed by atoms with Gasteiger partial charge in [-0.05, 0) is 26.2 Å². The zero-order valence-electron chi connectivity index (χ0n) is 9.95. The molecule has 0 saturated carbocycles. The maximum Gasteiger partial charge on any atom is 0.322 e. The normalized spacial score (nSPS) is 33.4. The van der Waals surface area contributed by atoms with Gasteiger partial charge in [-0.15, -0.1) is 0 Å². The van der Waals surface area contributed by atoms with E-state index in [1.54, 1.807) is 6.92 Å². The number of carbonyl (C=O) groups is 2. The Balaban J connectivity index is 1.74. The van der Waals surface area contributed by atoms with E-state index in [1.807, 2.05) is 0 Å². The highest BCUT2D eigenvalue weighted by atomic mass is 16.7. The number of hydrogen-bond acceptors (Lipinski definition) is 4. The summed E-state index contributed by atoms with van der Waals surface area (Å²) in [5.74, 6) is -0.296. The molecular formula is C11H18N2O4. The molecule has 6 nitrogen and oxygen atoms in total. The average Bonchev–Trinajstić information content (AvgIpc) is 2.54. The van der Waals surface area contributed by atoms with Gasteiger partial charge >= 0.3 is 6.03 Å². The fourth-order valence-electron chi connectivity index (χ4n) is 1.99. The largest absolute Gasteiger partial charge is 0.353 e. The first-order valence-electron chi connectivity index (χ1n) is 5.97. The number of nitrogens with one attached hydrogen (secondary N) is 2. The summed E-state index contributed by atoms with van der Waals surface area (Å²) < 4.78 is 11.0. The fourth-order valence-corrected chi connectivity index (χ4v) is 1.99. The summed E-state index contributed by atoms with van der Waals surface area (Å²) in [5.41, 5.74) is -0.855. The molecule has 0 aromatic carbocycles. The minimum absolute atomic E-state index is 0.160. The Hall–Kier alpha value is -1.14. The summed E-state index contributed by atoms with van der Waals surface area (Å²) in [5, 5.41) is 4.82. The summed E-state index contributed by atoms with van der Waals surface area (Å²) >= 11 is 0. The predicted octanol–water partition coefficient (Wildman–Crippen LogP) is 0.518. The van der Waals surface area contributed by atoms with E-state index < -0.39 is 11.6 Å². The Morgan fingerprint density at radius 3 is 2.88 bits per heavy atom. The van der Waals surface area contributed by atoms with Gasteiger partial charge in [0.1, 0.15) is 5.54 Å². The van der Waals surface area contributed by atoms with Gasteiger partial charge in [0.15, 0.2) is 6.29 Å². The highest BCUT2D eigenvalue weighted by molar-refractivity contribution is 6.06. The minimum atomic E-state index is -0.855. The molecule has 0 spiro atoms. The van der Waals surface area contributed by atoms with Gasteiger partial charge in [-0.3, -0.25) is 10.1 Å². The number of amides is 3. The zero-order valence-corrected chi connectivity index (χ0v) is 9.95. The van der Waals surface area contributed by atoms with Crippen LogP contribution in [0.5, 0.6) is 0 Å². The van der Waals surface area contributed by atoms with Crippen LogP contribution in [0.15, 0.2) is 0 Å². The summed E-state index contributed by atoms with van der Waals surface area (Å²) in [6, 6.07) is -0.439. The average molecular weight is 242 g/mol. The van der Waals surface area contributed by atoms with E-state index in [4.69, 9.17) is 9.47 Å². The molecule has 2 heterocycles. The van der Waals surface area contributed by atoms with E-state index in [2.05, 4.69) is 10.6 Å². The molecule has 0 bridgehead atoms. The molecule has 96 valence electrons. The van der Waals surface area contributed by atoms with Crippen LogP contribution >= 0.6 is 0 Å². The molecule has 2 unspecified atom stereocenters. The van der Waals surface area contributed by atoms with Crippen molar-refractivity contribution in [3.8, 4) is 0 Å². The van der Waals surface area contributed by atoms with Crippen LogP contribution in [-0.4, -0.2) is 37.0 Å². The first kappa shape index (κ1) is 12.3. The smallest absolute Gasteiger partial charge is 0.322 e. The minimum Gasteiger partial charge on any atom is -0.353 e.